The molecular weight excluding hydrogens is 369 g/mol. The summed E-state index contributed by atoms with van der Waals surface area (Å²) >= 11 is 11.7. The maximum atomic E-state index is 12.1. The highest BCUT2D eigenvalue weighted by Gasteiger charge is 2.14. The third kappa shape index (κ3) is 5.51. The van der Waals surface area contributed by atoms with Crippen molar-refractivity contribution in [3.05, 3.63) is 52.1 Å². The molecule has 0 spiro atoms. The highest BCUT2D eigenvalue weighted by atomic mass is 35.5. The number of benzene rings is 1. The predicted octanol–water partition coefficient (Wildman–Crippen LogP) is 2.63. The van der Waals surface area contributed by atoms with Gasteiger partial charge in [-0.1, -0.05) is 23.2 Å². The Kier molecular flexibility index (Phi) is 6.85. The molecule has 0 aliphatic heterocycles. The number of nitrogens with zero attached hydrogens (tertiary/aromatic N) is 1. The minimum absolute atomic E-state index is 0.181. The molecule has 7 nitrogen and oxygen atoms in total. The van der Waals surface area contributed by atoms with Gasteiger partial charge in [-0.25, -0.2) is 4.98 Å². The van der Waals surface area contributed by atoms with Crippen molar-refractivity contribution >= 4 is 35.0 Å². The lowest BCUT2D eigenvalue weighted by molar-refractivity contribution is -0.123. The van der Waals surface area contributed by atoms with Crippen LogP contribution >= 0.6 is 23.2 Å². The van der Waals surface area contributed by atoms with Crippen LogP contribution in [0.3, 0.4) is 0 Å². The molecule has 0 bridgehead atoms. The Bertz CT molecular complexity index is 771. The molecule has 1 heterocycles. The first-order valence-electron chi connectivity index (χ1n) is 7.26. The average Bonchev–Trinajstić information content (AvgIpc) is 2.59. The summed E-state index contributed by atoms with van der Waals surface area (Å²) in [7, 11) is 0. The van der Waals surface area contributed by atoms with Gasteiger partial charge >= 0.3 is 0 Å². The molecular formula is C16H15Cl2N3O4. The van der Waals surface area contributed by atoms with Crippen molar-refractivity contribution in [1.82, 2.24) is 15.8 Å². The molecule has 0 aliphatic carbocycles. The molecule has 132 valence electrons. The number of ether oxygens (including phenoxy) is 2. The summed E-state index contributed by atoms with van der Waals surface area (Å²) in [6.45, 7) is 1.80. The molecule has 25 heavy (non-hydrogen) atoms. The molecule has 0 atom stereocenters. The Balaban J connectivity index is 1.86. The lowest BCUT2D eigenvalue weighted by Gasteiger charge is -2.11. The summed E-state index contributed by atoms with van der Waals surface area (Å²) in [6, 6.07) is 7.74. The van der Waals surface area contributed by atoms with Crippen LogP contribution < -0.4 is 20.3 Å². The molecule has 0 fully saturated rings. The van der Waals surface area contributed by atoms with Crippen LogP contribution in [0.2, 0.25) is 10.0 Å². The number of rotatable bonds is 6. The van der Waals surface area contributed by atoms with E-state index in [0.29, 0.717) is 17.4 Å². The van der Waals surface area contributed by atoms with E-state index in [0.717, 1.165) is 0 Å². The highest BCUT2D eigenvalue weighted by Crippen LogP contribution is 2.27. The second-order valence-corrected chi connectivity index (χ2v) is 5.50. The summed E-state index contributed by atoms with van der Waals surface area (Å²) in [5.41, 5.74) is 4.70. The van der Waals surface area contributed by atoms with Crippen LogP contribution in [0.4, 0.5) is 0 Å². The number of pyridine rings is 1. The van der Waals surface area contributed by atoms with Crippen LogP contribution in [0.25, 0.3) is 0 Å². The molecule has 1 aromatic heterocycles. The molecule has 0 aliphatic rings. The van der Waals surface area contributed by atoms with E-state index >= 15 is 0 Å². The largest absolute Gasteiger partial charge is 0.482 e. The van der Waals surface area contributed by atoms with Crippen LogP contribution in [0.15, 0.2) is 36.5 Å². The number of nitrogens with one attached hydrogen (secondary N) is 2. The van der Waals surface area contributed by atoms with Gasteiger partial charge in [0.1, 0.15) is 11.3 Å². The van der Waals surface area contributed by atoms with E-state index in [2.05, 4.69) is 15.8 Å². The summed E-state index contributed by atoms with van der Waals surface area (Å²) in [6.07, 6.45) is 1.50. The van der Waals surface area contributed by atoms with E-state index in [1.165, 1.54) is 18.3 Å². The quantitative estimate of drug-likeness (QED) is 0.748. The Morgan fingerprint density at radius 2 is 1.96 bits per heavy atom. The SMILES string of the molecule is CCOc1ncccc1C(=O)NNC(=O)COc1ccc(Cl)cc1Cl. The van der Waals surface area contributed by atoms with Gasteiger partial charge in [-0.15, -0.1) is 0 Å². The molecule has 2 amide bonds. The van der Waals surface area contributed by atoms with Crippen molar-refractivity contribution in [2.45, 2.75) is 6.92 Å². The number of carbonyl (C=O) groups excluding carboxylic acids is 2. The molecule has 1 aromatic carbocycles. The third-order valence-electron chi connectivity index (χ3n) is 2.86. The number of halogens is 2. The second-order valence-electron chi connectivity index (χ2n) is 4.65. The van der Waals surface area contributed by atoms with Crippen LogP contribution in [0.5, 0.6) is 11.6 Å². The van der Waals surface area contributed by atoms with Gasteiger partial charge < -0.3 is 9.47 Å². The van der Waals surface area contributed by atoms with Gasteiger partial charge in [0.2, 0.25) is 5.88 Å². The van der Waals surface area contributed by atoms with Gasteiger partial charge in [0.05, 0.1) is 11.6 Å². The van der Waals surface area contributed by atoms with Crippen LogP contribution in [-0.4, -0.2) is 30.0 Å². The Labute approximate surface area is 154 Å². The Morgan fingerprint density at radius 3 is 2.68 bits per heavy atom. The van der Waals surface area contributed by atoms with Crippen molar-refractivity contribution in [3.63, 3.8) is 0 Å². The summed E-state index contributed by atoms with van der Waals surface area (Å²) in [5.74, 6) is -0.643. The second kappa shape index (κ2) is 9.10. The molecule has 0 radical (unpaired) electrons. The van der Waals surface area contributed by atoms with Gasteiger partial charge in [0.25, 0.3) is 11.8 Å². The molecule has 2 aromatic rings. The smallest absolute Gasteiger partial charge is 0.276 e. The van der Waals surface area contributed by atoms with E-state index < -0.39 is 11.8 Å². The summed E-state index contributed by atoms with van der Waals surface area (Å²) in [5, 5.41) is 0.733. The fourth-order valence-electron chi connectivity index (χ4n) is 1.78. The number of aromatic nitrogens is 1. The molecule has 9 heteroatoms. The van der Waals surface area contributed by atoms with E-state index in [4.69, 9.17) is 32.7 Å². The van der Waals surface area contributed by atoms with Crippen molar-refractivity contribution in [3.8, 4) is 11.6 Å². The fraction of sp³-hybridized carbons (Fsp3) is 0.188. The molecule has 2 rings (SSSR count). The van der Waals surface area contributed by atoms with Crippen molar-refractivity contribution in [2.24, 2.45) is 0 Å². The standard InChI is InChI=1S/C16H15Cl2N3O4/c1-2-24-16-11(4-3-7-19-16)15(23)21-20-14(22)9-25-13-6-5-10(17)8-12(13)18/h3-8H,2,9H2,1H3,(H,20,22)(H,21,23). The third-order valence-corrected chi connectivity index (χ3v) is 3.40. The number of hydrogen-bond donors (Lipinski definition) is 2. The highest BCUT2D eigenvalue weighted by molar-refractivity contribution is 6.35. The number of carbonyl (C=O) groups is 2. The lowest BCUT2D eigenvalue weighted by atomic mass is 10.2. The first kappa shape index (κ1) is 18.8. The molecule has 2 N–H and O–H groups in total. The van der Waals surface area contributed by atoms with Gasteiger partial charge in [-0.05, 0) is 37.3 Å². The Morgan fingerprint density at radius 1 is 1.16 bits per heavy atom. The summed E-state index contributed by atoms with van der Waals surface area (Å²) < 4.78 is 10.5. The summed E-state index contributed by atoms with van der Waals surface area (Å²) in [4.78, 5) is 27.8. The maximum absolute atomic E-state index is 12.1. The molecule has 0 saturated carbocycles. The van der Waals surface area contributed by atoms with E-state index in [9.17, 15) is 9.59 Å². The maximum Gasteiger partial charge on any atom is 0.276 e. The predicted molar refractivity (Wildman–Crippen MR) is 93.0 cm³/mol. The van der Waals surface area contributed by atoms with Gasteiger partial charge in [0.15, 0.2) is 6.61 Å². The lowest BCUT2D eigenvalue weighted by Crippen LogP contribution is -2.44. The number of hydrogen-bond acceptors (Lipinski definition) is 5. The fourth-order valence-corrected chi connectivity index (χ4v) is 2.24. The van der Waals surface area contributed by atoms with E-state index in [1.807, 2.05) is 0 Å². The van der Waals surface area contributed by atoms with Gasteiger partial charge in [-0.2, -0.15) is 0 Å². The molecule has 0 unspecified atom stereocenters. The zero-order valence-corrected chi connectivity index (χ0v) is 14.7. The van der Waals surface area contributed by atoms with Gasteiger partial charge in [0, 0.05) is 11.2 Å². The average molecular weight is 384 g/mol. The van der Waals surface area contributed by atoms with Crippen molar-refractivity contribution in [1.29, 1.82) is 0 Å². The van der Waals surface area contributed by atoms with Crippen molar-refractivity contribution in [2.75, 3.05) is 13.2 Å². The van der Waals surface area contributed by atoms with Crippen molar-refractivity contribution < 1.29 is 19.1 Å². The topological polar surface area (TPSA) is 89.5 Å². The minimum Gasteiger partial charge on any atom is -0.482 e. The number of hydrazine groups is 1. The first-order valence-corrected chi connectivity index (χ1v) is 8.01. The monoisotopic (exact) mass is 383 g/mol. The van der Waals surface area contributed by atoms with Crippen LogP contribution in [0, 0.1) is 0 Å². The van der Waals surface area contributed by atoms with E-state index in [1.54, 1.807) is 25.1 Å². The normalized spacial score (nSPS) is 10.0. The Hall–Kier alpha value is -2.51. The number of amides is 2. The van der Waals surface area contributed by atoms with Gasteiger partial charge in [-0.3, -0.25) is 20.4 Å². The van der Waals surface area contributed by atoms with E-state index in [-0.39, 0.29) is 23.1 Å². The van der Waals surface area contributed by atoms with Crippen LogP contribution in [0.1, 0.15) is 17.3 Å². The minimum atomic E-state index is -0.568. The molecule has 0 saturated heterocycles. The first-order chi connectivity index (χ1) is 12.0. The van der Waals surface area contributed by atoms with Crippen LogP contribution in [-0.2, 0) is 4.79 Å². The zero-order valence-electron chi connectivity index (χ0n) is 13.2. The zero-order chi connectivity index (χ0) is 18.2.